The Labute approximate surface area is 132 Å². The van der Waals surface area contributed by atoms with Crippen molar-refractivity contribution in [3.8, 4) is 0 Å². The SMILES string of the molecule is ClCc1ccc(Cl)cc1N1CCN(c2nccs2)CC1. The molecule has 1 aromatic carbocycles. The molecule has 106 valence electrons. The van der Waals surface area contributed by atoms with E-state index in [1.54, 1.807) is 11.3 Å². The summed E-state index contributed by atoms with van der Waals surface area (Å²) in [5, 5.41) is 3.88. The van der Waals surface area contributed by atoms with Gasteiger partial charge in [0.15, 0.2) is 5.13 Å². The summed E-state index contributed by atoms with van der Waals surface area (Å²) in [5.74, 6) is 0.513. The molecule has 0 saturated carbocycles. The van der Waals surface area contributed by atoms with Crippen LogP contribution >= 0.6 is 34.5 Å². The minimum absolute atomic E-state index is 0.513. The van der Waals surface area contributed by atoms with E-state index in [1.807, 2.05) is 29.8 Å². The van der Waals surface area contributed by atoms with Crippen molar-refractivity contribution in [2.45, 2.75) is 5.88 Å². The fraction of sp³-hybridized carbons (Fsp3) is 0.357. The summed E-state index contributed by atoms with van der Waals surface area (Å²) in [4.78, 5) is 9.05. The van der Waals surface area contributed by atoms with Gasteiger partial charge < -0.3 is 9.80 Å². The third kappa shape index (κ3) is 2.87. The van der Waals surface area contributed by atoms with E-state index in [4.69, 9.17) is 23.2 Å². The minimum atomic E-state index is 0.513. The average molecular weight is 328 g/mol. The molecule has 1 aliphatic heterocycles. The molecule has 1 aromatic heterocycles. The molecule has 0 radical (unpaired) electrons. The zero-order valence-electron chi connectivity index (χ0n) is 10.9. The number of anilines is 2. The van der Waals surface area contributed by atoms with Crippen molar-refractivity contribution in [1.82, 2.24) is 4.98 Å². The van der Waals surface area contributed by atoms with Crippen molar-refractivity contribution in [3.05, 3.63) is 40.4 Å². The summed E-state index contributed by atoms with van der Waals surface area (Å²) in [6.45, 7) is 3.87. The summed E-state index contributed by atoms with van der Waals surface area (Å²) in [5.41, 5.74) is 2.30. The van der Waals surface area contributed by atoms with E-state index in [9.17, 15) is 0 Å². The second-order valence-corrected chi connectivity index (χ2v) is 6.27. The number of nitrogens with zero attached hydrogens (tertiary/aromatic N) is 3. The molecule has 1 fully saturated rings. The van der Waals surface area contributed by atoms with Crippen LogP contribution in [0.1, 0.15) is 5.56 Å². The van der Waals surface area contributed by atoms with Crippen molar-refractivity contribution in [3.63, 3.8) is 0 Å². The van der Waals surface area contributed by atoms with Gasteiger partial charge in [0, 0.05) is 54.3 Å². The van der Waals surface area contributed by atoms with Crippen molar-refractivity contribution >= 4 is 45.4 Å². The Kier molecular flexibility index (Phi) is 4.34. The van der Waals surface area contributed by atoms with Gasteiger partial charge in [-0.15, -0.1) is 22.9 Å². The number of halogens is 2. The number of hydrogen-bond donors (Lipinski definition) is 0. The van der Waals surface area contributed by atoms with Crippen molar-refractivity contribution in [2.24, 2.45) is 0 Å². The van der Waals surface area contributed by atoms with E-state index in [2.05, 4.69) is 14.8 Å². The average Bonchev–Trinajstić information content (AvgIpc) is 3.02. The quantitative estimate of drug-likeness (QED) is 0.798. The number of thiazole rings is 1. The molecular formula is C14H15Cl2N3S. The highest BCUT2D eigenvalue weighted by Crippen LogP contribution is 2.28. The van der Waals surface area contributed by atoms with Gasteiger partial charge in [0.25, 0.3) is 0 Å². The third-order valence-electron chi connectivity index (χ3n) is 3.50. The first-order chi connectivity index (χ1) is 9.78. The molecule has 20 heavy (non-hydrogen) atoms. The smallest absolute Gasteiger partial charge is 0.185 e. The maximum absolute atomic E-state index is 6.11. The third-order valence-corrected chi connectivity index (χ3v) is 4.86. The molecule has 3 rings (SSSR count). The van der Waals surface area contributed by atoms with Gasteiger partial charge in [0.1, 0.15) is 0 Å². The van der Waals surface area contributed by atoms with Gasteiger partial charge in [0.2, 0.25) is 0 Å². The normalized spacial score (nSPS) is 15.7. The molecule has 6 heteroatoms. The first-order valence-electron chi connectivity index (χ1n) is 6.51. The fourth-order valence-corrected chi connectivity index (χ4v) is 3.54. The van der Waals surface area contributed by atoms with Gasteiger partial charge in [-0.25, -0.2) is 4.98 Å². The Balaban J connectivity index is 1.73. The Morgan fingerprint density at radius 1 is 1.15 bits per heavy atom. The molecule has 0 unspecified atom stereocenters. The number of rotatable bonds is 3. The van der Waals surface area contributed by atoms with E-state index in [0.29, 0.717) is 5.88 Å². The molecule has 0 spiro atoms. The Bertz CT molecular complexity index is 566. The lowest BCUT2D eigenvalue weighted by Gasteiger charge is -2.36. The molecule has 2 aromatic rings. The highest BCUT2D eigenvalue weighted by molar-refractivity contribution is 7.13. The van der Waals surface area contributed by atoms with Crippen molar-refractivity contribution in [1.29, 1.82) is 0 Å². The molecule has 0 N–H and O–H groups in total. The number of hydrogen-bond acceptors (Lipinski definition) is 4. The standard InChI is InChI=1S/C14H15Cl2N3S/c15-10-11-1-2-12(16)9-13(11)18-4-6-19(7-5-18)14-17-3-8-20-14/h1-3,8-9H,4-7,10H2. The largest absolute Gasteiger partial charge is 0.368 e. The molecule has 0 bridgehead atoms. The number of piperazine rings is 1. The highest BCUT2D eigenvalue weighted by Gasteiger charge is 2.20. The van der Waals surface area contributed by atoms with Gasteiger partial charge in [-0.2, -0.15) is 0 Å². The Morgan fingerprint density at radius 3 is 2.55 bits per heavy atom. The van der Waals surface area contributed by atoms with E-state index >= 15 is 0 Å². The summed E-state index contributed by atoms with van der Waals surface area (Å²) in [6.07, 6.45) is 1.86. The first-order valence-corrected chi connectivity index (χ1v) is 8.31. The maximum atomic E-state index is 6.11. The maximum Gasteiger partial charge on any atom is 0.185 e. The predicted octanol–water partition coefficient (Wildman–Crippen LogP) is 3.86. The van der Waals surface area contributed by atoms with Crippen molar-refractivity contribution < 1.29 is 0 Å². The second-order valence-electron chi connectivity index (χ2n) is 4.70. The Morgan fingerprint density at radius 2 is 1.90 bits per heavy atom. The van der Waals surface area contributed by atoms with Gasteiger partial charge in [0.05, 0.1) is 0 Å². The lowest BCUT2D eigenvalue weighted by molar-refractivity contribution is 0.651. The topological polar surface area (TPSA) is 19.4 Å². The lowest BCUT2D eigenvalue weighted by Crippen LogP contribution is -2.46. The van der Waals surface area contributed by atoms with Crippen LogP contribution in [0.5, 0.6) is 0 Å². The highest BCUT2D eigenvalue weighted by atomic mass is 35.5. The number of benzene rings is 1. The molecular weight excluding hydrogens is 313 g/mol. The second kappa shape index (κ2) is 6.20. The molecule has 1 saturated heterocycles. The molecule has 3 nitrogen and oxygen atoms in total. The molecule has 0 amide bonds. The van der Waals surface area contributed by atoms with Crippen LogP contribution in [0.2, 0.25) is 5.02 Å². The van der Waals surface area contributed by atoms with E-state index < -0.39 is 0 Å². The zero-order chi connectivity index (χ0) is 13.9. The van der Waals surface area contributed by atoms with Crippen molar-refractivity contribution in [2.75, 3.05) is 36.0 Å². The molecule has 0 atom stereocenters. The van der Waals surface area contributed by atoms with E-state index in [0.717, 1.165) is 47.6 Å². The molecule has 1 aliphatic rings. The molecule has 0 aliphatic carbocycles. The van der Waals surface area contributed by atoms with Crippen LogP contribution in [0.25, 0.3) is 0 Å². The zero-order valence-corrected chi connectivity index (χ0v) is 13.3. The lowest BCUT2D eigenvalue weighted by atomic mass is 10.1. The van der Waals surface area contributed by atoms with Crippen LogP contribution in [0.3, 0.4) is 0 Å². The summed E-state index contributed by atoms with van der Waals surface area (Å²) < 4.78 is 0. The van der Waals surface area contributed by atoms with Crippen LogP contribution in [0.4, 0.5) is 10.8 Å². The predicted molar refractivity (Wildman–Crippen MR) is 87.5 cm³/mol. The Hall–Kier alpha value is -0.970. The van der Waals surface area contributed by atoms with Crippen LogP contribution in [0, 0.1) is 0 Å². The fourth-order valence-electron chi connectivity index (χ4n) is 2.46. The number of aromatic nitrogens is 1. The van der Waals surface area contributed by atoms with Crippen LogP contribution < -0.4 is 9.80 Å². The number of alkyl halides is 1. The van der Waals surface area contributed by atoms with Gasteiger partial charge >= 0.3 is 0 Å². The van der Waals surface area contributed by atoms with Crippen LogP contribution in [-0.4, -0.2) is 31.2 Å². The van der Waals surface area contributed by atoms with Crippen LogP contribution in [0.15, 0.2) is 29.8 Å². The minimum Gasteiger partial charge on any atom is -0.368 e. The van der Waals surface area contributed by atoms with E-state index in [-0.39, 0.29) is 0 Å². The monoisotopic (exact) mass is 327 g/mol. The van der Waals surface area contributed by atoms with Gasteiger partial charge in [-0.1, -0.05) is 17.7 Å². The van der Waals surface area contributed by atoms with Gasteiger partial charge in [-0.05, 0) is 17.7 Å². The molecule has 2 heterocycles. The van der Waals surface area contributed by atoms with Gasteiger partial charge in [-0.3, -0.25) is 0 Å². The first kappa shape index (κ1) is 14.0. The van der Waals surface area contributed by atoms with Crippen LogP contribution in [-0.2, 0) is 5.88 Å². The summed E-state index contributed by atoms with van der Waals surface area (Å²) in [7, 11) is 0. The summed E-state index contributed by atoms with van der Waals surface area (Å²) in [6, 6.07) is 5.92. The summed E-state index contributed by atoms with van der Waals surface area (Å²) >= 11 is 13.8. The van der Waals surface area contributed by atoms with E-state index in [1.165, 1.54) is 0 Å².